The van der Waals surface area contributed by atoms with E-state index in [-0.39, 0.29) is 17.4 Å². The maximum atomic E-state index is 13.1. The van der Waals surface area contributed by atoms with E-state index in [4.69, 9.17) is 9.47 Å². The van der Waals surface area contributed by atoms with Crippen molar-refractivity contribution in [2.75, 3.05) is 45.3 Å². The summed E-state index contributed by atoms with van der Waals surface area (Å²) in [5.41, 5.74) is 2.08. The summed E-state index contributed by atoms with van der Waals surface area (Å²) < 4.78 is 12.3. The van der Waals surface area contributed by atoms with Gasteiger partial charge in [0.25, 0.3) is 11.1 Å². The Morgan fingerprint density at radius 3 is 2.53 bits per heavy atom. The number of fused-ring (bicyclic) bond motifs is 1. The van der Waals surface area contributed by atoms with Crippen LogP contribution >= 0.6 is 11.8 Å². The molecule has 3 heterocycles. The van der Waals surface area contributed by atoms with E-state index in [1.54, 1.807) is 42.4 Å². The van der Waals surface area contributed by atoms with Crippen LogP contribution < -0.4 is 10.1 Å². The van der Waals surface area contributed by atoms with Crippen LogP contribution in [0.1, 0.15) is 5.56 Å². The second-order valence-corrected chi connectivity index (χ2v) is 9.76. The second kappa shape index (κ2) is 11.1. The van der Waals surface area contributed by atoms with Gasteiger partial charge < -0.3 is 24.3 Å². The number of para-hydroxylation sites is 1. The molecule has 2 aliphatic rings. The van der Waals surface area contributed by atoms with E-state index in [0.29, 0.717) is 43.3 Å². The smallest absolute Gasteiger partial charge is 0.294 e. The molecule has 4 amide bonds. The quantitative estimate of drug-likeness (QED) is 0.464. The first-order valence-corrected chi connectivity index (χ1v) is 12.9. The van der Waals surface area contributed by atoms with Crippen molar-refractivity contribution in [2.45, 2.75) is 6.54 Å². The van der Waals surface area contributed by atoms with Gasteiger partial charge in [-0.1, -0.05) is 18.2 Å². The van der Waals surface area contributed by atoms with Crippen molar-refractivity contribution in [1.29, 1.82) is 0 Å². The number of imide groups is 1. The van der Waals surface area contributed by atoms with Crippen LogP contribution in [0.5, 0.6) is 5.75 Å². The molecule has 38 heavy (non-hydrogen) atoms. The van der Waals surface area contributed by atoms with E-state index in [9.17, 15) is 19.2 Å². The molecule has 11 heteroatoms. The van der Waals surface area contributed by atoms with E-state index >= 15 is 0 Å². The number of benzene rings is 2. The number of ether oxygens (including phenoxy) is 2. The number of anilines is 1. The van der Waals surface area contributed by atoms with Crippen LogP contribution in [0, 0.1) is 0 Å². The first-order valence-electron chi connectivity index (χ1n) is 12.1. The number of carbonyl (C=O) groups excluding carboxylic acids is 4. The number of aromatic nitrogens is 1. The molecule has 10 nitrogen and oxygen atoms in total. The lowest BCUT2D eigenvalue weighted by molar-refractivity contribution is -0.135. The van der Waals surface area contributed by atoms with Gasteiger partial charge in [-0.15, -0.1) is 0 Å². The van der Waals surface area contributed by atoms with Crippen molar-refractivity contribution in [1.82, 2.24) is 14.4 Å². The molecule has 2 aromatic carbocycles. The van der Waals surface area contributed by atoms with Gasteiger partial charge >= 0.3 is 0 Å². The fourth-order valence-electron chi connectivity index (χ4n) is 4.38. The van der Waals surface area contributed by atoms with Crippen LogP contribution in [0.15, 0.2) is 59.6 Å². The average molecular weight is 535 g/mol. The number of nitrogens with zero attached hydrogens (tertiary/aromatic N) is 3. The number of carbonyl (C=O) groups is 4. The number of hydrogen-bond donors (Lipinski definition) is 1. The van der Waals surface area contributed by atoms with Gasteiger partial charge in [0.05, 0.1) is 25.2 Å². The lowest BCUT2D eigenvalue weighted by atomic mass is 10.1. The molecular weight excluding hydrogens is 508 g/mol. The third-order valence-electron chi connectivity index (χ3n) is 6.32. The van der Waals surface area contributed by atoms with Crippen LogP contribution in [0.25, 0.3) is 17.0 Å². The highest BCUT2D eigenvalue weighted by atomic mass is 32.2. The number of amides is 4. The third kappa shape index (κ3) is 5.43. The minimum Gasteiger partial charge on any atom is -0.497 e. The number of thioether (sulfide) groups is 1. The average Bonchev–Trinajstić information content (AvgIpc) is 3.41. The van der Waals surface area contributed by atoms with E-state index in [1.807, 2.05) is 35.0 Å². The standard InChI is InChI=1S/C27H26N4O6S/c1-36-20-8-6-19(7-9-20)28-24(32)16-31-26(34)23(38-27(31)35)14-18-15-30(22-5-3-2-4-21(18)22)17-25(33)29-10-12-37-13-11-29/h2-9,14-15H,10-13,16-17H2,1H3,(H,28,32)/b23-14-. The number of methoxy groups -OCH3 is 1. The molecule has 1 N–H and O–H groups in total. The van der Waals surface area contributed by atoms with Crippen LogP contribution in [-0.2, 0) is 25.7 Å². The minimum absolute atomic E-state index is 0.0104. The Morgan fingerprint density at radius 2 is 1.79 bits per heavy atom. The van der Waals surface area contributed by atoms with Crippen molar-refractivity contribution >= 4 is 57.4 Å². The first kappa shape index (κ1) is 25.6. The summed E-state index contributed by atoms with van der Waals surface area (Å²) in [4.78, 5) is 54.0. The Morgan fingerprint density at radius 1 is 1.05 bits per heavy atom. The zero-order valence-corrected chi connectivity index (χ0v) is 21.5. The highest BCUT2D eigenvalue weighted by Crippen LogP contribution is 2.34. The van der Waals surface area contributed by atoms with Gasteiger partial charge in [-0.3, -0.25) is 24.1 Å². The number of hydrogen-bond acceptors (Lipinski definition) is 7. The molecule has 0 atom stereocenters. The Labute approximate surface area is 223 Å². The topological polar surface area (TPSA) is 110 Å². The SMILES string of the molecule is COc1ccc(NC(=O)CN2C(=O)S/C(=C\c3cn(CC(=O)N4CCOCC4)c4ccccc34)C2=O)cc1. The summed E-state index contributed by atoms with van der Waals surface area (Å²) in [5.74, 6) is -0.391. The molecular formula is C27H26N4O6S. The molecule has 3 aromatic rings. The predicted octanol–water partition coefficient (Wildman–Crippen LogP) is 3.18. The zero-order chi connectivity index (χ0) is 26.6. The molecule has 5 rings (SSSR count). The van der Waals surface area contributed by atoms with Crippen molar-refractivity contribution in [3.05, 3.63) is 65.2 Å². The Kier molecular flexibility index (Phi) is 7.47. The maximum absolute atomic E-state index is 13.1. The number of nitrogens with one attached hydrogen (secondary N) is 1. The Balaban J connectivity index is 1.31. The highest BCUT2D eigenvalue weighted by Gasteiger charge is 2.36. The highest BCUT2D eigenvalue weighted by molar-refractivity contribution is 8.18. The maximum Gasteiger partial charge on any atom is 0.294 e. The molecule has 2 aliphatic heterocycles. The van der Waals surface area contributed by atoms with E-state index < -0.39 is 23.6 Å². The number of rotatable bonds is 7. The van der Waals surface area contributed by atoms with E-state index in [2.05, 4.69) is 5.32 Å². The lowest BCUT2D eigenvalue weighted by Crippen LogP contribution is -2.42. The van der Waals surface area contributed by atoms with Crippen LogP contribution in [-0.4, -0.2) is 77.3 Å². The molecule has 0 bridgehead atoms. The molecule has 2 fully saturated rings. The Hall–Kier alpha value is -4.09. The van der Waals surface area contributed by atoms with E-state index in [0.717, 1.165) is 27.6 Å². The molecule has 1 aromatic heterocycles. The third-order valence-corrected chi connectivity index (χ3v) is 7.23. The van der Waals surface area contributed by atoms with Crippen molar-refractivity contribution < 1.29 is 28.7 Å². The van der Waals surface area contributed by atoms with E-state index in [1.165, 1.54) is 0 Å². The van der Waals surface area contributed by atoms with Gasteiger partial charge in [0.1, 0.15) is 18.8 Å². The van der Waals surface area contributed by atoms with Gasteiger partial charge in [0.15, 0.2) is 0 Å². The van der Waals surface area contributed by atoms with Crippen molar-refractivity contribution in [3.8, 4) is 5.75 Å². The fourth-order valence-corrected chi connectivity index (χ4v) is 5.20. The van der Waals surface area contributed by atoms with Crippen LogP contribution in [0.4, 0.5) is 10.5 Å². The minimum atomic E-state index is -0.536. The molecule has 0 aliphatic carbocycles. The summed E-state index contributed by atoms with van der Waals surface area (Å²) in [6, 6.07) is 14.3. The zero-order valence-electron chi connectivity index (χ0n) is 20.7. The van der Waals surface area contributed by atoms with Gasteiger partial charge in [-0.25, -0.2) is 0 Å². The van der Waals surface area contributed by atoms with Gasteiger partial charge in [-0.2, -0.15) is 0 Å². The van der Waals surface area contributed by atoms with Gasteiger partial charge in [0.2, 0.25) is 11.8 Å². The number of morpholine rings is 1. The largest absolute Gasteiger partial charge is 0.497 e. The van der Waals surface area contributed by atoms with Gasteiger partial charge in [-0.05, 0) is 48.2 Å². The first-order chi connectivity index (χ1) is 18.4. The fraction of sp³-hybridized carbons (Fsp3) is 0.259. The predicted molar refractivity (Wildman–Crippen MR) is 144 cm³/mol. The lowest BCUT2D eigenvalue weighted by Gasteiger charge is -2.27. The molecule has 0 saturated carbocycles. The molecule has 2 saturated heterocycles. The van der Waals surface area contributed by atoms with Gasteiger partial charge in [0, 0.05) is 41.4 Å². The van der Waals surface area contributed by atoms with Crippen molar-refractivity contribution in [3.63, 3.8) is 0 Å². The second-order valence-electron chi connectivity index (χ2n) is 8.77. The summed E-state index contributed by atoms with van der Waals surface area (Å²) in [6.45, 7) is 1.92. The summed E-state index contributed by atoms with van der Waals surface area (Å²) >= 11 is 0.788. The summed E-state index contributed by atoms with van der Waals surface area (Å²) in [5, 5.41) is 3.02. The van der Waals surface area contributed by atoms with Crippen LogP contribution in [0.2, 0.25) is 0 Å². The Bertz CT molecular complexity index is 1430. The summed E-state index contributed by atoms with van der Waals surface area (Å²) in [7, 11) is 1.55. The molecule has 0 spiro atoms. The normalized spacial score (nSPS) is 16.9. The molecule has 0 radical (unpaired) electrons. The van der Waals surface area contributed by atoms with Crippen LogP contribution in [0.3, 0.4) is 0 Å². The van der Waals surface area contributed by atoms with Crippen molar-refractivity contribution in [2.24, 2.45) is 0 Å². The summed E-state index contributed by atoms with van der Waals surface area (Å²) in [6.07, 6.45) is 3.46. The monoisotopic (exact) mass is 534 g/mol. The molecule has 0 unspecified atom stereocenters. The molecule has 196 valence electrons.